The van der Waals surface area contributed by atoms with Crippen LogP contribution in [-0.4, -0.2) is 20.2 Å². The zero-order valence-corrected chi connectivity index (χ0v) is 11.5. The summed E-state index contributed by atoms with van der Waals surface area (Å²) in [5.41, 5.74) is 7.92. The number of nitrogen functional groups attached to an aromatic ring is 1. The van der Waals surface area contributed by atoms with Crippen LogP contribution in [0.4, 0.5) is 11.6 Å². The number of nitrogens with one attached hydrogen (secondary N) is 2. The second-order valence-electron chi connectivity index (χ2n) is 4.35. The third kappa shape index (κ3) is 2.01. The maximum atomic E-state index is 5.76. The van der Waals surface area contributed by atoms with Gasteiger partial charge in [0.15, 0.2) is 0 Å². The summed E-state index contributed by atoms with van der Waals surface area (Å²) in [7, 11) is 0. The third-order valence-electron chi connectivity index (χ3n) is 3.16. The van der Waals surface area contributed by atoms with Crippen LogP contribution in [0.3, 0.4) is 0 Å². The fraction of sp³-hybridized carbons (Fsp3) is 0.250. The van der Waals surface area contributed by atoms with Crippen molar-refractivity contribution in [1.82, 2.24) is 20.2 Å². The van der Waals surface area contributed by atoms with Crippen molar-refractivity contribution < 1.29 is 0 Å². The van der Waals surface area contributed by atoms with Crippen LogP contribution in [0, 0.1) is 13.8 Å². The van der Waals surface area contributed by atoms with Crippen molar-refractivity contribution >= 4 is 33.2 Å². The number of aryl methyl sites for hydroxylation is 2. The molecule has 0 aliphatic heterocycles. The second-order valence-corrected chi connectivity index (χ2v) is 5.55. The van der Waals surface area contributed by atoms with Gasteiger partial charge in [0.25, 0.3) is 0 Å². The number of H-pyrrole nitrogens is 1. The molecule has 0 amide bonds. The lowest BCUT2D eigenvalue weighted by Gasteiger charge is -2.06. The van der Waals surface area contributed by atoms with Crippen molar-refractivity contribution in [1.29, 1.82) is 0 Å². The Balaban J connectivity index is 1.95. The molecule has 0 spiro atoms. The summed E-state index contributed by atoms with van der Waals surface area (Å²) in [5, 5.41) is 11.0. The molecule has 0 aromatic carbocycles. The zero-order chi connectivity index (χ0) is 13.4. The number of nitrogens with zero attached hydrogens (tertiary/aromatic N) is 3. The van der Waals surface area contributed by atoms with Gasteiger partial charge in [-0.3, -0.25) is 5.10 Å². The summed E-state index contributed by atoms with van der Waals surface area (Å²) in [5.74, 6) is 1.42. The van der Waals surface area contributed by atoms with Crippen molar-refractivity contribution in [3.63, 3.8) is 0 Å². The molecule has 98 valence electrons. The first kappa shape index (κ1) is 11.9. The molecule has 3 aromatic rings. The van der Waals surface area contributed by atoms with Crippen molar-refractivity contribution in [2.24, 2.45) is 0 Å². The van der Waals surface area contributed by atoms with E-state index in [-0.39, 0.29) is 0 Å². The van der Waals surface area contributed by atoms with Gasteiger partial charge in [0, 0.05) is 17.0 Å². The standard InChI is InChI=1S/C12H14N6S/c1-6-7(2)19-12-9(6)11(15-5-16-12)14-3-8-4-17-18-10(8)13/h4-5H,3H2,1-2H3,(H3,13,17,18)(H,14,15,16). The van der Waals surface area contributed by atoms with E-state index in [0.717, 1.165) is 21.6 Å². The van der Waals surface area contributed by atoms with Crippen LogP contribution in [0.5, 0.6) is 0 Å². The minimum absolute atomic E-state index is 0.580. The van der Waals surface area contributed by atoms with Crippen molar-refractivity contribution in [3.8, 4) is 0 Å². The molecule has 0 fully saturated rings. The molecule has 7 heteroatoms. The van der Waals surface area contributed by atoms with Gasteiger partial charge in [-0.05, 0) is 19.4 Å². The highest BCUT2D eigenvalue weighted by Crippen LogP contribution is 2.32. The first-order chi connectivity index (χ1) is 9.16. The van der Waals surface area contributed by atoms with Crippen LogP contribution in [-0.2, 0) is 6.54 Å². The summed E-state index contributed by atoms with van der Waals surface area (Å²) in [6.45, 7) is 4.78. The zero-order valence-electron chi connectivity index (χ0n) is 10.7. The van der Waals surface area contributed by atoms with Gasteiger partial charge in [0.1, 0.15) is 22.8 Å². The van der Waals surface area contributed by atoms with Gasteiger partial charge in [-0.2, -0.15) is 5.10 Å². The third-order valence-corrected chi connectivity index (χ3v) is 4.28. The lowest BCUT2D eigenvalue weighted by atomic mass is 10.2. The van der Waals surface area contributed by atoms with Gasteiger partial charge in [0.05, 0.1) is 11.6 Å². The lowest BCUT2D eigenvalue weighted by molar-refractivity contribution is 1.10. The summed E-state index contributed by atoms with van der Waals surface area (Å²) in [6, 6.07) is 0. The van der Waals surface area contributed by atoms with Crippen LogP contribution in [0.2, 0.25) is 0 Å². The smallest absolute Gasteiger partial charge is 0.138 e. The summed E-state index contributed by atoms with van der Waals surface area (Å²) in [6.07, 6.45) is 3.30. The van der Waals surface area contributed by atoms with E-state index in [4.69, 9.17) is 5.73 Å². The minimum atomic E-state index is 0.580. The monoisotopic (exact) mass is 274 g/mol. The number of hydrogen-bond acceptors (Lipinski definition) is 6. The number of fused-ring (bicyclic) bond motifs is 1. The predicted molar refractivity (Wildman–Crippen MR) is 77.2 cm³/mol. The summed E-state index contributed by atoms with van der Waals surface area (Å²) >= 11 is 1.69. The molecule has 6 nitrogen and oxygen atoms in total. The molecule has 0 saturated heterocycles. The topological polar surface area (TPSA) is 92.5 Å². The van der Waals surface area contributed by atoms with E-state index in [1.165, 1.54) is 10.4 Å². The minimum Gasteiger partial charge on any atom is -0.384 e. The van der Waals surface area contributed by atoms with Gasteiger partial charge < -0.3 is 11.1 Å². The number of thiophene rings is 1. The highest BCUT2D eigenvalue weighted by Gasteiger charge is 2.12. The normalized spacial score (nSPS) is 11.1. The van der Waals surface area contributed by atoms with Crippen LogP contribution in [0.1, 0.15) is 16.0 Å². The maximum Gasteiger partial charge on any atom is 0.138 e. The Morgan fingerprint density at radius 2 is 2.21 bits per heavy atom. The van der Waals surface area contributed by atoms with E-state index >= 15 is 0 Å². The van der Waals surface area contributed by atoms with E-state index in [0.29, 0.717) is 12.4 Å². The van der Waals surface area contributed by atoms with Crippen molar-refractivity contribution in [3.05, 3.63) is 28.5 Å². The van der Waals surface area contributed by atoms with Crippen LogP contribution in [0.15, 0.2) is 12.5 Å². The highest BCUT2D eigenvalue weighted by atomic mass is 32.1. The summed E-state index contributed by atoms with van der Waals surface area (Å²) in [4.78, 5) is 10.9. The van der Waals surface area contributed by atoms with E-state index < -0.39 is 0 Å². The number of aromatic amines is 1. The molecule has 3 aromatic heterocycles. The highest BCUT2D eigenvalue weighted by molar-refractivity contribution is 7.18. The van der Waals surface area contributed by atoms with E-state index in [1.54, 1.807) is 23.9 Å². The Bertz CT molecular complexity index is 729. The molecular formula is C12H14N6S. The van der Waals surface area contributed by atoms with Gasteiger partial charge in [-0.15, -0.1) is 11.3 Å². The van der Waals surface area contributed by atoms with Crippen LogP contribution < -0.4 is 11.1 Å². The Kier molecular flexibility index (Phi) is 2.83. The molecule has 0 aliphatic rings. The fourth-order valence-electron chi connectivity index (χ4n) is 1.96. The first-order valence-corrected chi connectivity index (χ1v) is 6.70. The molecule has 3 heterocycles. The Morgan fingerprint density at radius 3 is 2.95 bits per heavy atom. The van der Waals surface area contributed by atoms with Crippen molar-refractivity contribution in [2.75, 3.05) is 11.1 Å². The number of rotatable bonds is 3. The Hall–Kier alpha value is -2.15. The summed E-state index contributed by atoms with van der Waals surface area (Å²) < 4.78 is 0. The number of aromatic nitrogens is 4. The van der Waals surface area contributed by atoms with Crippen LogP contribution in [0.25, 0.3) is 10.2 Å². The molecule has 0 bridgehead atoms. The largest absolute Gasteiger partial charge is 0.384 e. The molecule has 0 unspecified atom stereocenters. The van der Waals surface area contributed by atoms with Gasteiger partial charge in [-0.25, -0.2) is 9.97 Å². The Morgan fingerprint density at radius 1 is 1.37 bits per heavy atom. The number of hydrogen-bond donors (Lipinski definition) is 3. The van der Waals surface area contributed by atoms with E-state index in [2.05, 4.69) is 39.3 Å². The lowest BCUT2D eigenvalue weighted by Crippen LogP contribution is -2.03. The van der Waals surface area contributed by atoms with Gasteiger partial charge in [0.2, 0.25) is 0 Å². The van der Waals surface area contributed by atoms with Gasteiger partial charge in [-0.1, -0.05) is 0 Å². The molecular weight excluding hydrogens is 260 g/mol. The van der Waals surface area contributed by atoms with Crippen molar-refractivity contribution in [2.45, 2.75) is 20.4 Å². The molecule has 0 atom stereocenters. The molecule has 0 aliphatic carbocycles. The number of nitrogens with two attached hydrogens (primary N) is 1. The molecule has 3 rings (SSSR count). The molecule has 19 heavy (non-hydrogen) atoms. The quantitative estimate of drug-likeness (QED) is 0.681. The number of anilines is 2. The molecule has 0 saturated carbocycles. The fourth-order valence-corrected chi connectivity index (χ4v) is 2.95. The second kappa shape index (κ2) is 4.51. The average Bonchev–Trinajstić information content (AvgIpc) is 2.92. The van der Waals surface area contributed by atoms with E-state index in [1.807, 2.05) is 0 Å². The molecule has 4 N–H and O–H groups in total. The average molecular weight is 274 g/mol. The maximum absolute atomic E-state index is 5.76. The molecule has 0 radical (unpaired) electrons. The predicted octanol–water partition coefficient (Wildman–Crippen LogP) is 2.23. The van der Waals surface area contributed by atoms with E-state index in [9.17, 15) is 0 Å². The van der Waals surface area contributed by atoms with Gasteiger partial charge >= 0.3 is 0 Å². The van der Waals surface area contributed by atoms with Crippen LogP contribution >= 0.6 is 11.3 Å². The SMILES string of the molecule is Cc1sc2ncnc(NCc3cn[nH]c3N)c2c1C. The first-order valence-electron chi connectivity index (χ1n) is 5.89. The Labute approximate surface area is 114 Å².